The number of unbranched alkanes of at least 4 members (excludes halogenated alkanes) is 3. The van der Waals surface area contributed by atoms with Crippen LogP contribution in [0.4, 0.5) is 0 Å². The van der Waals surface area contributed by atoms with Crippen molar-refractivity contribution < 1.29 is 9.90 Å². The Hall–Kier alpha value is -2.74. The van der Waals surface area contributed by atoms with Gasteiger partial charge in [0.25, 0.3) is 5.56 Å². The molecule has 0 radical (unpaired) electrons. The van der Waals surface area contributed by atoms with Crippen molar-refractivity contribution in [1.29, 1.82) is 0 Å². The summed E-state index contributed by atoms with van der Waals surface area (Å²) in [6.45, 7) is 3.97. The number of carbonyl (C=O) groups excluding carboxylic acids is 1. The zero-order valence-electron chi connectivity index (χ0n) is 15.5. The number of hydrogen-bond donors (Lipinski definition) is 3. The SMILES string of the molecule is CCCCCCC(=O)N/N=C/c1c(O)n(-c2ccccc2C)c(=S)[nH]c1=O. The van der Waals surface area contributed by atoms with E-state index in [4.69, 9.17) is 12.2 Å². The molecule has 0 bridgehead atoms. The molecule has 0 atom stereocenters. The number of rotatable bonds is 8. The second kappa shape index (κ2) is 9.82. The maximum atomic E-state index is 12.1. The topological polar surface area (TPSA) is 99.5 Å². The van der Waals surface area contributed by atoms with Crippen LogP contribution in [0.15, 0.2) is 34.2 Å². The minimum Gasteiger partial charge on any atom is -0.494 e. The van der Waals surface area contributed by atoms with E-state index in [-0.39, 0.29) is 22.1 Å². The van der Waals surface area contributed by atoms with E-state index in [9.17, 15) is 14.7 Å². The average molecular weight is 388 g/mol. The van der Waals surface area contributed by atoms with Gasteiger partial charge in [-0.05, 0) is 37.2 Å². The van der Waals surface area contributed by atoms with Crippen LogP contribution in [0.5, 0.6) is 5.88 Å². The summed E-state index contributed by atoms with van der Waals surface area (Å²) >= 11 is 5.18. The molecule has 0 aliphatic rings. The van der Waals surface area contributed by atoms with Gasteiger partial charge in [0.1, 0.15) is 5.56 Å². The summed E-state index contributed by atoms with van der Waals surface area (Å²) in [5, 5.41) is 14.4. The van der Waals surface area contributed by atoms with E-state index in [1.54, 1.807) is 12.1 Å². The minimum atomic E-state index is -0.580. The molecule has 0 aliphatic heterocycles. The van der Waals surface area contributed by atoms with Gasteiger partial charge in [0.15, 0.2) is 4.77 Å². The number of carbonyl (C=O) groups is 1. The molecule has 0 spiro atoms. The second-order valence-electron chi connectivity index (χ2n) is 6.22. The van der Waals surface area contributed by atoms with Crippen LogP contribution in [0.2, 0.25) is 0 Å². The summed E-state index contributed by atoms with van der Waals surface area (Å²) in [5.74, 6) is -0.566. The number of benzene rings is 1. The highest BCUT2D eigenvalue weighted by Gasteiger charge is 2.13. The fraction of sp³-hybridized carbons (Fsp3) is 0.368. The van der Waals surface area contributed by atoms with Crippen LogP contribution < -0.4 is 11.0 Å². The van der Waals surface area contributed by atoms with Crippen molar-refractivity contribution in [2.75, 3.05) is 0 Å². The van der Waals surface area contributed by atoms with Crippen molar-refractivity contribution in [3.63, 3.8) is 0 Å². The molecule has 1 amide bonds. The number of para-hydroxylation sites is 1. The van der Waals surface area contributed by atoms with Crippen molar-refractivity contribution in [3.05, 3.63) is 50.5 Å². The van der Waals surface area contributed by atoms with Crippen LogP contribution in [0.3, 0.4) is 0 Å². The Labute approximate surface area is 162 Å². The molecule has 0 saturated carbocycles. The molecule has 1 aromatic carbocycles. The number of nitrogens with one attached hydrogen (secondary N) is 2. The summed E-state index contributed by atoms with van der Waals surface area (Å²) in [6, 6.07) is 7.32. The molecule has 0 fully saturated rings. The number of H-pyrrole nitrogens is 1. The number of aromatic nitrogens is 2. The third kappa shape index (κ3) is 5.37. The first-order valence-electron chi connectivity index (χ1n) is 8.92. The number of aromatic hydroxyl groups is 1. The van der Waals surface area contributed by atoms with Crippen LogP contribution in [0.1, 0.15) is 50.2 Å². The first-order valence-corrected chi connectivity index (χ1v) is 9.32. The first-order chi connectivity index (χ1) is 13.0. The maximum absolute atomic E-state index is 12.1. The van der Waals surface area contributed by atoms with Crippen molar-refractivity contribution >= 4 is 24.3 Å². The average Bonchev–Trinajstić information content (AvgIpc) is 2.63. The zero-order valence-corrected chi connectivity index (χ0v) is 16.3. The first kappa shape index (κ1) is 20.6. The Balaban J connectivity index is 2.22. The Morgan fingerprint density at radius 1 is 1.33 bits per heavy atom. The van der Waals surface area contributed by atoms with Gasteiger partial charge in [-0.3, -0.25) is 19.1 Å². The normalized spacial score (nSPS) is 11.0. The molecule has 0 saturated heterocycles. The predicted octanol–water partition coefficient (Wildman–Crippen LogP) is 3.33. The Morgan fingerprint density at radius 2 is 2.07 bits per heavy atom. The molecule has 0 aliphatic carbocycles. The summed E-state index contributed by atoms with van der Waals surface area (Å²) in [7, 11) is 0. The van der Waals surface area contributed by atoms with Gasteiger partial charge >= 0.3 is 0 Å². The number of aromatic amines is 1. The van der Waals surface area contributed by atoms with Gasteiger partial charge < -0.3 is 5.11 Å². The molecule has 8 heteroatoms. The highest BCUT2D eigenvalue weighted by molar-refractivity contribution is 7.71. The summed E-state index contributed by atoms with van der Waals surface area (Å²) in [4.78, 5) is 26.4. The van der Waals surface area contributed by atoms with Crippen LogP contribution >= 0.6 is 12.2 Å². The van der Waals surface area contributed by atoms with E-state index >= 15 is 0 Å². The lowest BCUT2D eigenvalue weighted by Gasteiger charge is -2.13. The number of aryl methyl sites for hydroxylation is 1. The molecule has 2 aromatic rings. The summed E-state index contributed by atoms with van der Waals surface area (Å²) in [5.41, 5.74) is 3.23. The third-order valence-corrected chi connectivity index (χ3v) is 4.40. The van der Waals surface area contributed by atoms with E-state index in [1.807, 2.05) is 19.1 Å². The van der Waals surface area contributed by atoms with Gasteiger partial charge in [0, 0.05) is 6.42 Å². The fourth-order valence-electron chi connectivity index (χ4n) is 2.63. The Kier molecular flexibility index (Phi) is 7.48. The number of nitrogens with zero attached hydrogens (tertiary/aromatic N) is 2. The van der Waals surface area contributed by atoms with Gasteiger partial charge in [-0.25, -0.2) is 5.43 Å². The van der Waals surface area contributed by atoms with Crippen LogP contribution in [0.25, 0.3) is 5.69 Å². The standard InChI is InChI=1S/C19H24N4O3S/c1-3-4-5-6-11-16(24)22-20-12-14-17(25)21-19(27)23(18(14)26)15-10-8-7-9-13(15)2/h7-10,12,26H,3-6,11H2,1-2H3,(H,22,24)(H,21,25,27)/b20-12+. The quantitative estimate of drug-likeness (QED) is 0.279. The van der Waals surface area contributed by atoms with Crippen LogP contribution in [-0.2, 0) is 4.79 Å². The van der Waals surface area contributed by atoms with E-state index in [1.165, 1.54) is 4.57 Å². The van der Waals surface area contributed by atoms with E-state index in [0.29, 0.717) is 12.1 Å². The van der Waals surface area contributed by atoms with Crippen molar-refractivity contribution in [2.24, 2.45) is 5.10 Å². The predicted molar refractivity (Wildman–Crippen MR) is 108 cm³/mol. The maximum Gasteiger partial charge on any atom is 0.264 e. The van der Waals surface area contributed by atoms with Crippen LogP contribution in [-0.4, -0.2) is 26.8 Å². The Morgan fingerprint density at radius 3 is 2.78 bits per heavy atom. The van der Waals surface area contributed by atoms with E-state index < -0.39 is 5.56 Å². The van der Waals surface area contributed by atoms with E-state index in [0.717, 1.165) is 37.5 Å². The molecule has 7 nitrogen and oxygen atoms in total. The van der Waals surface area contributed by atoms with Crippen molar-refractivity contribution in [3.8, 4) is 11.6 Å². The molecule has 144 valence electrons. The molecule has 1 aromatic heterocycles. The van der Waals surface area contributed by atoms with Gasteiger partial charge in [-0.15, -0.1) is 0 Å². The molecule has 2 rings (SSSR count). The molecule has 1 heterocycles. The third-order valence-electron chi connectivity index (χ3n) is 4.12. The van der Waals surface area contributed by atoms with E-state index in [2.05, 4.69) is 22.4 Å². The monoisotopic (exact) mass is 388 g/mol. The van der Waals surface area contributed by atoms with Crippen molar-refractivity contribution in [2.45, 2.75) is 46.0 Å². The molecule has 0 unspecified atom stereocenters. The largest absolute Gasteiger partial charge is 0.494 e. The fourth-order valence-corrected chi connectivity index (χ4v) is 2.91. The number of hydrazone groups is 1. The Bertz CT molecular complexity index is 947. The summed E-state index contributed by atoms with van der Waals surface area (Å²) < 4.78 is 1.43. The lowest BCUT2D eigenvalue weighted by atomic mass is 10.1. The summed E-state index contributed by atoms with van der Waals surface area (Å²) in [6.07, 6.45) is 5.47. The number of hydrogen-bond acceptors (Lipinski definition) is 5. The molecular formula is C19H24N4O3S. The molecule has 3 N–H and O–H groups in total. The molecule has 27 heavy (non-hydrogen) atoms. The minimum absolute atomic E-state index is 0.0731. The zero-order chi connectivity index (χ0) is 19.8. The van der Waals surface area contributed by atoms with Crippen molar-refractivity contribution in [1.82, 2.24) is 15.0 Å². The second-order valence-corrected chi connectivity index (χ2v) is 6.61. The highest BCUT2D eigenvalue weighted by atomic mass is 32.1. The highest BCUT2D eigenvalue weighted by Crippen LogP contribution is 2.21. The lowest BCUT2D eigenvalue weighted by Crippen LogP contribution is -2.21. The van der Waals surface area contributed by atoms with Gasteiger partial charge in [-0.1, -0.05) is 44.4 Å². The van der Waals surface area contributed by atoms with Crippen LogP contribution in [0, 0.1) is 11.7 Å². The van der Waals surface area contributed by atoms with Gasteiger partial charge in [0.05, 0.1) is 11.9 Å². The smallest absolute Gasteiger partial charge is 0.264 e. The number of amides is 1. The van der Waals surface area contributed by atoms with Gasteiger partial charge in [0.2, 0.25) is 11.8 Å². The van der Waals surface area contributed by atoms with Gasteiger partial charge in [-0.2, -0.15) is 5.10 Å². The lowest BCUT2D eigenvalue weighted by molar-refractivity contribution is -0.121. The molecular weight excluding hydrogens is 364 g/mol.